The van der Waals surface area contributed by atoms with Crippen molar-refractivity contribution in [2.45, 2.75) is 24.8 Å². The first kappa shape index (κ1) is 14.1. The third-order valence-corrected chi connectivity index (χ3v) is 3.89. The maximum Gasteiger partial charge on any atom is 0.240 e. The van der Waals surface area contributed by atoms with Gasteiger partial charge >= 0.3 is 0 Å². The summed E-state index contributed by atoms with van der Waals surface area (Å²) in [6.45, 7) is 3.94. The molecule has 4 nitrogen and oxygen atoms in total. The highest BCUT2D eigenvalue weighted by molar-refractivity contribution is 7.89. The van der Waals surface area contributed by atoms with Crippen molar-refractivity contribution in [2.75, 3.05) is 6.54 Å². The molecule has 0 radical (unpaired) electrons. The van der Waals surface area contributed by atoms with E-state index in [1.807, 2.05) is 13.8 Å². The molecule has 0 aliphatic rings. The van der Waals surface area contributed by atoms with Crippen LogP contribution in [0.2, 0.25) is 0 Å². The molecule has 1 unspecified atom stereocenters. The molecule has 0 aliphatic carbocycles. The quantitative estimate of drug-likeness (QED) is 0.832. The molecule has 1 aromatic rings. The fraction of sp³-hybridized carbons (Fsp3) is 0.455. The minimum Gasteiger partial charge on any atom is -0.326 e. The van der Waals surface area contributed by atoms with Gasteiger partial charge in [-0.1, -0.05) is 19.9 Å². The van der Waals surface area contributed by atoms with Crippen LogP contribution in [0, 0.1) is 11.7 Å². The molecule has 1 aromatic carbocycles. The summed E-state index contributed by atoms with van der Waals surface area (Å²) >= 11 is 0. The van der Waals surface area contributed by atoms with Gasteiger partial charge in [-0.15, -0.1) is 0 Å². The van der Waals surface area contributed by atoms with E-state index in [0.29, 0.717) is 0 Å². The van der Waals surface area contributed by atoms with Crippen molar-refractivity contribution in [2.24, 2.45) is 11.7 Å². The normalized spacial score (nSPS) is 13.9. The van der Waals surface area contributed by atoms with Gasteiger partial charge in [-0.05, 0) is 24.1 Å². The van der Waals surface area contributed by atoms with Gasteiger partial charge in [-0.25, -0.2) is 17.5 Å². The molecule has 1 atom stereocenters. The van der Waals surface area contributed by atoms with Crippen molar-refractivity contribution in [3.8, 4) is 0 Å². The standard InChI is InChI=1S/C11H17FN2O2S/c1-8(2)11(13)7-14-17(15,16)10-5-3-4-9(12)6-10/h3-6,8,11,14H,7,13H2,1-2H3. The molecule has 0 aliphatic heterocycles. The number of nitrogens with two attached hydrogens (primary N) is 1. The van der Waals surface area contributed by atoms with E-state index >= 15 is 0 Å². The van der Waals surface area contributed by atoms with Gasteiger partial charge in [0.15, 0.2) is 0 Å². The van der Waals surface area contributed by atoms with Gasteiger partial charge in [0.05, 0.1) is 4.90 Å². The average Bonchev–Trinajstić information content (AvgIpc) is 2.26. The molecule has 0 aromatic heterocycles. The minimum absolute atomic E-state index is 0.0894. The van der Waals surface area contributed by atoms with Gasteiger partial charge in [-0.2, -0.15) is 0 Å². The molecule has 0 saturated carbocycles. The van der Waals surface area contributed by atoms with E-state index in [0.717, 1.165) is 6.07 Å². The van der Waals surface area contributed by atoms with E-state index < -0.39 is 15.8 Å². The first-order chi connectivity index (χ1) is 7.83. The zero-order valence-electron chi connectivity index (χ0n) is 9.85. The minimum atomic E-state index is -3.68. The van der Waals surface area contributed by atoms with Gasteiger partial charge in [0.2, 0.25) is 10.0 Å². The Hall–Kier alpha value is -0.980. The second kappa shape index (κ2) is 5.57. The number of halogens is 1. The van der Waals surface area contributed by atoms with Crippen molar-refractivity contribution in [1.29, 1.82) is 0 Å². The Labute approximate surface area is 101 Å². The van der Waals surface area contributed by atoms with Crippen LogP contribution in [-0.4, -0.2) is 21.0 Å². The SMILES string of the molecule is CC(C)C(N)CNS(=O)(=O)c1cccc(F)c1. The highest BCUT2D eigenvalue weighted by Gasteiger charge is 2.16. The van der Waals surface area contributed by atoms with Crippen LogP contribution in [0.15, 0.2) is 29.2 Å². The lowest BCUT2D eigenvalue weighted by Crippen LogP contribution is -2.40. The molecule has 3 N–H and O–H groups in total. The molecular weight excluding hydrogens is 243 g/mol. The molecule has 6 heteroatoms. The lowest BCUT2D eigenvalue weighted by molar-refractivity contribution is 0.481. The van der Waals surface area contributed by atoms with Crippen LogP contribution in [0.1, 0.15) is 13.8 Å². The van der Waals surface area contributed by atoms with E-state index in [1.54, 1.807) is 0 Å². The predicted molar refractivity (Wildman–Crippen MR) is 64.4 cm³/mol. The van der Waals surface area contributed by atoms with E-state index in [9.17, 15) is 12.8 Å². The van der Waals surface area contributed by atoms with E-state index in [2.05, 4.69) is 4.72 Å². The Bertz CT molecular complexity index is 474. The summed E-state index contributed by atoms with van der Waals surface area (Å²) in [5.74, 6) is -0.411. The van der Waals surface area contributed by atoms with Gasteiger partial charge < -0.3 is 5.73 Å². The van der Waals surface area contributed by atoms with Crippen LogP contribution >= 0.6 is 0 Å². The summed E-state index contributed by atoms with van der Waals surface area (Å²) in [5.41, 5.74) is 5.73. The Morgan fingerprint density at radius 2 is 2.06 bits per heavy atom. The summed E-state index contributed by atoms with van der Waals surface area (Å²) < 4.78 is 38.8. The Morgan fingerprint density at radius 1 is 1.41 bits per heavy atom. The number of rotatable bonds is 5. The maximum atomic E-state index is 12.9. The van der Waals surface area contributed by atoms with Gasteiger partial charge in [0.1, 0.15) is 5.82 Å². The van der Waals surface area contributed by atoms with Crippen LogP contribution in [0.25, 0.3) is 0 Å². The average molecular weight is 260 g/mol. The van der Waals surface area contributed by atoms with Gasteiger partial charge in [0, 0.05) is 12.6 Å². The third-order valence-electron chi connectivity index (χ3n) is 2.47. The molecule has 0 bridgehead atoms. The number of nitrogens with one attached hydrogen (secondary N) is 1. The largest absolute Gasteiger partial charge is 0.326 e. The second-order valence-corrected chi connectivity index (χ2v) is 5.98. The molecule has 96 valence electrons. The van der Waals surface area contributed by atoms with Crippen molar-refractivity contribution < 1.29 is 12.8 Å². The van der Waals surface area contributed by atoms with E-state index in [1.165, 1.54) is 18.2 Å². The highest BCUT2D eigenvalue weighted by Crippen LogP contribution is 2.10. The predicted octanol–water partition coefficient (Wildman–Crippen LogP) is 1.09. The van der Waals surface area contributed by atoms with Crippen molar-refractivity contribution in [3.05, 3.63) is 30.1 Å². The fourth-order valence-electron chi connectivity index (χ4n) is 1.16. The van der Waals surface area contributed by atoms with Gasteiger partial charge in [-0.3, -0.25) is 0 Å². The van der Waals surface area contributed by atoms with Crippen LogP contribution in [0.5, 0.6) is 0 Å². The number of sulfonamides is 1. The van der Waals surface area contributed by atoms with Crippen LogP contribution in [0.4, 0.5) is 4.39 Å². The number of benzene rings is 1. The zero-order chi connectivity index (χ0) is 13.1. The molecular formula is C11H17FN2O2S. The molecule has 0 fully saturated rings. The smallest absolute Gasteiger partial charge is 0.240 e. The summed E-state index contributed by atoms with van der Waals surface area (Å²) in [6, 6.07) is 4.60. The molecule has 0 heterocycles. The van der Waals surface area contributed by atoms with Crippen molar-refractivity contribution >= 4 is 10.0 Å². The summed E-state index contributed by atoms with van der Waals surface area (Å²) in [7, 11) is -3.68. The maximum absolute atomic E-state index is 12.9. The first-order valence-corrected chi connectivity index (χ1v) is 6.82. The first-order valence-electron chi connectivity index (χ1n) is 5.34. The van der Waals surface area contributed by atoms with Crippen molar-refractivity contribution in [3.63, 3.8) is 0 Å². The molecule has 0 amide bonds. The van der Waals surface area contributed by atoms with Crippen LogP contribution in [0.3, 0.4) is 0 Å². The second-order valence-electron chi connectivity index (χ2n) is 4.22. The number of hydrogen-bond donors (Lipinski definition) is 2. The van der Waals surface area contributed by atoms with E-state index in [-0.39, 0.29) is 23.4 Å². The van der Waals surface area contributed by atoms with Crippen molar-refractivity contribution in [1.82, 2.24) is 4.72 Å². The molecule has 0 spiro atoms. The summed E-state index contributed by atoms with van der Waals surface area (Å²) in [5, 5.41) is 0. The fourth-order valence-corrected chi connectivity index (χ4v) is 2.26. The highest BCUT2D eigenvalue weighted by atomic mass is 32.2. The Kier molecular flexibility index (Phi) is 4.62. The summed E-state index contributed by atoms with van der Waals surface area (Å²) in [6.07, 6.45) is 0. The molecule has 0 saturated heterocycles. The lowest BCUT2D eigenvalue weighted by atomic mass is 10.1. The van der Waals surface area contributed by atoms with Gasteiger partial charge in [0.25, 0.3) is 0 Å². The molecule has 17 heavy (non-hydrogen) atoms. The molecule has 1 rings (SSSR count). The van der Waals surface area contributed by atoms with E-state index in [4.69, 9.17) is 5.73 Å². The van der Waals surface area contributed by atoms with Crippen LogP contribution < -0.4 is 10.5 Å². The third kappa shape index (κ3) is 4.07. The Balaban J connectivity index is 2.76. The topological polar surface area (TPSA) is 72.2 Å². The summed E-state index contributed by atoms with van der Waals surface area (Å²) in [4.78, 5) is -0.0894. The zero-order valence-corrected chi connectivity index (χ0v) is 10.7. The lowest BCUT2D eigenvalue weighted by Gasteiger charge is -2.16. The number of hydrogen-bond acceptors (Lipinski definition) is 3. The van der Waals surface area contributed by atoms with Crippen LogP contribution in [-0.2, 0) is 10.0 Å². The Morgan fingerprint density at radius 3 is 2.59 bits per heavy atom. The monoisotopic (exact) mass is 260 g/mol.